The third kappa shape index (κ3) is 2.01. The van der Waals surface area contributed by atoms with Crippen LogP contribution >= 0.6 is 0 Å². The van der Waals surface area contributed by atoms with E-state index in [-0.39, 0.29) is 23.8 Å². The molecule has 3 unspecified atom stereocenters. The normalized spacial score (nSPS) is 37.2. The Morgan fingerprint density at radius 2 is 2.11 bits per heavy atom. The Morgan fingerprint density at radius 3 is 2.83 bits per heavy atom. The molecule has 0 radical (unpaired) electrons. The molecular weight excluding hydrogens is 226 g/mol. The summed E-state index contributed by atoms with van der Waals surface area (Å²) < 4.78 is 0. The summed E-state index contributed by atoms with van der Waals surface area (Å²) >= 11 is 0. The van der Waals surface area contributed by atoms with Gasteiger partial charge in [-0.3, -0.25) is 4.79 Å². The van der Waals surface area contributed by atoms with E-state index in [0.29, 0.717) is 5.41 Å². The van der Waals surface area contributed by atoms with E-state index < -0.39 is 0 Å². The lowest BCUT2D eigenvalue weighted by Crippen LogP contribution is -2.40. The van der Waals surface area contributed by atoms with Gasteiger partial charge < -0.3 is 10.6 Å². The number of rotatable bonds is 2. The number of piperidine rings is 1. The fourth-order valence-electron chi connectivity index (χ4n) is 3.77. The molecule has 3 aliphatic rings. The zero-order chi connectivity index (χ0) is 12.6. The predicted molar refractivity (Wildman–Crippen MR) is 67.5 cm³/mol. The molecule has 3 atom stereocenters. The van der Waals surface area contributed by atoms with Crippen molar-refractivity contribution in [3.63, 3.8) is 0 Å². The van der Waals surface area contributed by atoms with Crippen LogP contribution in [0, 0.1) is 28.6 Å². The molecule has 1 aliphatic heterocycles. The SMILES string of the molecule is N#CC1CCCC1NC(=O)C1CC12CCNCC2. The number of nitrogens with zero attached hydrogens (tertiary/aromatic N) is 1. The van der Waals surface area contributed by atoms with Gasteiger partial charge in [0.05, 0.1) is 12.0 Å². The molecule has 2 aliphatic carbocycles. The lowest BCUT2D eigenvalue weighted by atomic mass is 9.91. The van der Waals surface area contributed by atoms with Crippen molar-refractivity contribution < 1.29 is 4.79 Å². The molecule has 3 fully saturated rings. The fourth-order valence-corrected chi connectivity index (χ4v) is 3.77. The predicted octanol–water partition coefficient (Wildman–Crippen LogP) is 1.18. The second-order valence-electron chi connectivity index (χ2n) is 6.15. The molecule has 1 heterocycles. The third-order valence-corrected chi connectivity index (χ3v) is 5.11. The number of nitrogens with one attached hydrogen (secondary N) is 2. The summed E-state index contributed by atoms with van der Waals surface area (Å²) in [5.41, 5.74) is 0.302. The Balaban J connectivity index is 1.55. The van der Waals surface area contributed by atoms with E-state index in [1.54, 1.807) is 0 Å². The minimum absolute atomic E-state index is 0.0386. The van der Waals surface area contributed by atoms with Crippen molar-refractivity contribution in [1.29, 1.82) is 5.26 Å². The molecule has 1 saturated heterocycles. The smallest absolute Gasteiger partial charge is 0.223 e. The van der Waals surface area contributed by atoms with E-state index in [1.807, 2.05) is 0 Å². The van der Waals surface area contributed by atoms with Crippen molar-refractivity contribution in [3.05, 3.63) is 0 Å². The molecule has 0 aromatic carbocycles. The average molecular weight is 247 g/mol. The van der Waals surface area contributed by atoms with Gasteiger partial charge in [0.1, 0.15) is 0 Å². The van der Waals surface area contributed by atoms with Gasteiger partial charge in [-0.05, 0) is 57.0 Å². The van der Waals surface area contributed by atoms with Crippen molar-refractivity contribution >= 4 is 5.91 Å². The van der Waals surface area contributed by atoms with Gasteiger partial charge >= 0.3 is 0 Å². The molecule has 4 heteroatoms. The number of carbonyl (C=O) groups is 1. The second-order valence-corrected chi connectivity index (χ2v) is 6.15. The summed E-state index contributed by atoms with van der Waals surface area (Å²) in [4.78, 5) is 12.3. The van der Waals surface area contributed by atoms with Crippen LogP contribution < -0.4 is 10.6 Å². The molecular formula is C14H21N3O. The lowest BCUT2D eigenvalue weighted by molar-refractivity contribution is -0.124. The Hall–Kier alpha value is -1.08. The van der Waals surface area contributed by atoms with Crippen LogP contribution in [0.2, 0.25) is 0 Å². The molecule has 0 aromatic rings. The van der Waals surface area contributed by atoms with Crippen LogP contribution in [0.3, 0.4) is 0 Å². The van der Waals surface area contributed by atoms with Crippen molar-refractivity contribution in [1.82, 2.24) is 10.6 Å². The van der Waals surface area contributed by atoms with E-state index in [0.717, 1.165) is 51.6 Å². The zero-order valence-corrected chi connectivity index (χ0v) is 10.7. The Kier molecular flexibility index (Phi) is 3.03. The van der Waals surface area contributed by atoms with E-state index in [2.05, 4.69) is 16.7 Å². The van der Waals surface area contributed by atoms with Gasteiger partial charge in [-0.25, -0.2) is 0 Å². The number of hydrogen-bond donors (Lipinski definition) is 2. The average Bonchev–Trinajstić information content (AvgIpc) is 2.89. The van der Waals surface area contributed by atoms with E-state index >= 15 is 0 Å². The van der Waals surface area contributed by atoms with Crippen LogP contribution in [-0.2, 0) is 4.79 Å². The number of hydrogen-bond acceptors (Lipinski definition) is 3. The largest absolute Gasteiger partial charge is 0.352 e. The Bertz CT molecular complexity index is 381. The van der Waals surface area contributed by atoms with Crippen molar-refractivity contribution in [3.8, 4) is 6.07 Å². The van der Waals surface area contributed by atoms with E-state index in [1.165, 1.54) is 0 Å². The summed E-state index contributed by atoms with van der Waals surface area (Å²) in [6, 6.07) is 2.44. The van der Waals surface area contributed by atoms with Crippen LogP contribution in [0.15, 0.2) is 0 Å². The summed E-state index contributed by atoms with van der Waals surface area (Å²) in [5, 5.41) is 15.5. The van der Waals surface area contributed by atoms with Crippen LogP contribution in [0.25, 0.3) is 0 Å². The van der Waals surface area contributed by atoms with Crippen LogP contribution in [0.4, 0.5) is 0 Å². The first kappa shape index (κ1) is 12.0. The molecule has 4 nitrogen and oxygen atoms in total. The molecule has 1 spiro atoms. The zero-order valence-electron chi connectivity index (χ0n) is 10.7. The van der Waals surface area contributed by atoms with E-state index in [4.69, 9.17) is 5.26 Å². The first-order valence-electron chi connectivity index (χ1n) is 7.16. The molecule has 2 N–H and O–H groups in total. The van der Waals surface area contributed by atoms with Gasteiger partial charge in [-0.1, -0.05) is 0 Å². The first-order valence-corrected chi connectivity index (χ1v) is 7.16. The summed E-state index contributed by atoms with van der Waals surface area (Å²) in [6.07, 6.45) is 6.33. The highest BCUT2D eigenvalue weighted by Crippen LogP contribution is 2.58. The van der Waals surface area contributed by atoms with Gasteiger partial charge in [0.2, 0.25) is 5.91 Å². The maximum atomic E-state index is 12.3. The topological polar surface area (TPSA) is 64.9 Å². The molecule has 0 bridgehead atoms. The molecule has 18 heavy (non-hydrogen) atoms. The van der Waals surface area contributed by atoms with Gasteiger partial charge in [-0.15, -0.1) is 0 Å². The highest BCUT2D eigenvalue weighted by Gasteiger charge is 2.57. The highest BCUT2D eigenvalue weighted by atomic mass is 16.2. The molecule has 1 amide bonds. The minimum Gasteiger partial charge on any atom is -0.352 e. The number of carbonyl (C=O) groups excluding carboxylic acids is 1. The summed E-state index contributed by atoms with van der Waals surface area (Å²) in [7, 11) is 0. The van der Waals surface area contributed by atoms with Crippen LogP contribution in [-0.4, -0.2) is 25.0 Å². The third-order valence-electron chi connectivity index (χ3n) is 5.11. The number of nitriles is 1. The fraction of sp³-hybridized carbons (Fsp3) is 0.857. The minimum atomic E-state index is 0.0386. The Morgan fingerprint density at radius 1 is 1.33 bits per heavy atom. The standard InChI is InChI=1S/C14H21N3O/c15-9-10-2-1-3-12(10)17-13(18)11-8-14(11)4-6-16-7-5-14/h10-12,16H,1-8H2,(H,17,18). The molecule has 0 aromatic heterocycles. The van der Waals surface area contributed by atoms with Crippen molar-refractivity contribution in [2.24, 2.45) is 17.3 Å². The summed E-state index contributed by atoms with van der Waals surface area (Å²) in [5.74, 6) is 0.472. The first-order chi connectivity index (χ1) is 8.75. The van der Waals surface area contributed by atoms with E-state index in [9.17, 15) is 4.79 Å². The maximum absolute atomic E-state index is 12.3. The number of amides is 1. The molecule has 2 saturated carbocycles. The van der Waals surface area contributed by atoms with Gasteiger partial charge in [-0.2, -0.15) is 5.26 Å². The van der Waals surface area contributed by atoms with Crippen molar-refractivity contribution in [2.45, 2.75) is 44.6 Å². The lowest BCUT2D eigenvalue weighted by Gasteiger charge is -2.24. The van der Waals surface area contributed by atoms with Gasteiger partial charge in [0.15, 0.2) is 0 Å². The summed E-state index contributed by atoms with van der Waals surface area (Å²) in [6.45, 7) is 2.10. The quantitative estimate of drug-likeness (QED) is 0.770. The Labute approximate surface area is 108 Å². The highest BCUT2D eigenvalue weighted by molar-refractivity contribution is 5.83. The second kappa shape index (κ2) is 4.55. The molecule has 3 rings (SSSR count). The van der Waals surface area contributed by atoms with Gasteiger partial charge in [0.25, 0.3) is 0 Å². The van der Waals surface area contributed by atoms with Crippen molar-refractivity contribution in [2.75, 3.05) is 13.1 Å². The molecule has 98 valence electrons. The van der Waals surface area contributed by atoms with Gasteiger partial charge in [0, 0.05) is 12.0 Å². The maximum Gasteiger partial charge on any atom is 0.223 e. The van der Waals surface area contributed by atoms with Crippen LogP contribution in [0.5, 0.6) is 0 Å². The van der Waals surface area contributed by atoms with Crippen LogP contribution in [0.1, 0.15) is 38.5 Å². The monoisotopic (exact) mass is 247 g/mol.